The van der Waals surface area contributed by atoms with Crippen molar-refractivity contribution in [3.8, 4) is 0 Å². The van der Waals surface area contributed by atoms with Crippen molar-refractivity contribution in [2.24, 2.45) is 17.4 Å². The standard InChI is InChI=1S/C13H20N2/c14-13(15)8-6-12(7-9-13)10-11-4-2-1-3-5-11/h1-5,12H,6-10,14-15H2. The van der Waals surface area contributed by atoms with Gasteiger partial charge in [-0.25, -0.2) is 0 Å². The Morgan fingerprint density at radius 3 is 2.27 bits per heavy atom. The molecule has 0 amide bonds. The van der Waals surface area contributed by atoms with Crippen LogP contribution in [0, 0.1) is 5.92 Å². The van der Waals surface area contributed by atoms with Gasteiger partial charge in [0, 0.05) is 0 Å². The molecule has 0 atom stereocenters. The average molecular weight is 204 g/mol. The van der Waals surface area contributed by atoms with Crippen molar-refractivity contribution in [1.82, 2.24) is 0 Å². The smallest absolute Gasteiger partial charge is 0.0636 e. The summed E-state index contributed by atoms with van der Waals surface area (Å²) in [5, 5.41) is 0. The van der Waals surface area contributed by atoms with Gasteiger partial charge in [-0.2, -0.15) is 0 Å². The van der Waals surface area contributed by atoms with E-state index in [2.05, 4.69) is 30.3 Å². The molecular formula is C13H20N2. The maximum atomic E-state index is 5.91. The van der Waals surface area contributed by atoms with Gasteiger partial charge >= 0.3 is 0 Å². The summed E-state index contributed by atoms with van der Waals surface area (Å²) in [6, 6.07) is 10.7. The van der Waals surface area contributed by atoms with E-state index < -0.39 is 5.66 Å². The van der Waals surface area contributed by atoms with E-state index in [4.69, 9.17) is 11.5 Å². The molecular weight excluding hydrogens is 184 g/mol. The van der Waals surface area contributed by atoms with Gasteiger partial charge in [-0.15, -0.1) is 0 Å². The lowest BCUT2D eigenvalue weighted by atomic mass is 9.80. The first kappa shape index (κ1) is 10.7. The lowest BCUT2D eigenvalue weighted by molar-refractivity contribution is 0.239. The molecule has 82 valence electrons. The van der Waals surface area contributed by atoms with E-state index in [1.807, 2.05) is 0 Å². The lowest BCUT2D eigenvalue weighted by Crippen LogP contribution is -2.51. The molecule has 15 heavy (non-hydrogen) atoms. The molecule has 0 aliphatic heterocycles. The van der Waals surface area contributed by atoms with Gasteiger partial charge < -0.3 is 11.5 Å². The largest absolute Gasteiger partial charge is 0.313 e. The fourth-order valence-electron chi connectivity index (χ4n) is 2.37. The van der Waals surface area contributed by atoms with Crippen LogP contribution >= 0.6 is 0 Å². The maximum absolute atomic E-state index is 5.91. The van der Waals surface area contributed by atoms with E-state index in [1.165, 1.54) is 24.8 Å². The first-order chi connectivity index (χ1) is 7.16. The number of rotatable bonds is 2. The first-order valence-corrected chi connectivity index (χ1v) is 5.77. The Balaban J connectivity index is 1.88. The molecule has 2 heteroatoms. The normalized spacial score (nSPS) is 21.5. The van der Waals surface area contributed by atoms with Crippen LogP contribution in [0.15, 0.2) is 30.3 Å². The second-order valence-corrected chi connectivity index (χ2v) is 4.87. The van der Waals surface area contributed by atoms with E-state index >= 15 is 0 Å². The van der Waals surface area contributed by atoms with Gasteiger partial charge in [-0.05, 0) is 43.6 Å². The molecule has 0 saturated heterocycles. The van der Waals surface area contributed by atoms with Crippen LogP contribution in [0.5, 0.6) is 0 Å². The van der Waals surface area contributed by atoms with Crippen LogP contribution in [0.25, 0.3) is 0 Å². The van der Waals surface area contributed by atoms with Crippen molar-refractivity contribution in [3.05, 3.63) is 35.9 Å². The highest BCUT2D eigenvalue weighted by atomic mass is 15.0. The van der Waals surface area contributed by atoms with Crippen molar-refractivity contribution in [3.63, 3.8) is 0 Å². The summed E-state index contributed by atoms with van der Waals surface area (Å²) < 4.78 is 0. The lowest BCUT2D eigenvalue weighted by Gasteiger charge is -2.33. The second-order valence-electron chi connectivity index (χ2n) is 4.87. The molecule has 1 aromatic rings. The molecule has 0 radical (unpaired) electrons. The Bertz CT molecular complexity index is 296. The number of nitrogens with two attached hydrogens (primary N) is 2. The highest BCUT2D eigenvalue weighted by Crippen LogP contribution is 2.29. The quantitative estimate of drug-likeness (QED) is 0.724. The fraction of sp³-hybridized carbons (Fsp3) is 0.538. The number of hydrogen-bond acceptors (Lipinski definition) is 2. The molecule has 1 aromatic carbocycles. The summed E-state index contributed by atoms with van der Waals surface area (Å²) in [5.41, 5.74) is 12.9. The van der Waals surface area contributed by atoms with Crippen LogP contribution in [-0.4, -0.2) is 5.66 Å². The molecule has 1 aliphatic rings. The van der Waals surface area contributed by atoms with Crippen molar-refractivity contribution in [2.75, 3.05) is 0 Å². The monoisotopic (exact) mass is 204 g/mol. The summed E-state index contributed by atoms with van der Waals surface area (Å²) in [4.78, 5) is 0. The molecule has 0 bridgehead atoms. The molecule has 0 heterocycles. The van der Waals surface area contributed by atoms with E-state index in [1.54, 1.807) is 0 Å². The van der Waals surface area contributed by atoms with Gasteiger partial charge in [0.25, 0.3) is 0 Å². The first-order valence-electron chi connectivity index (χ1n) is 5.77. The highest BCUT2D eigenvalue weighted by molar-refractivity contribution is 5.15. The van der Waals surface area contributed by atoms with Crippen molar-refractivity contribution in [2.45, 2.75) is 37.8 Å². The minimum Gasteiger partial charge on any atom is -0.313 e. The third-order valence-corrected chi connectivity index (χ3v) is 3.40. The molecule has 0 spiro atoms. The zero-order chi connectivity index (χ0) is 10.7. The van der Waals surface area contributed by atoms with Crippen molar-refractivity contribution < 1.29 is 0 Å². The molecule has 0 aromatic heterocycles. The van der Waals surface area contributed by atoms with Crippen molar-refractivity contribution >= 4 is 0 Å². The van der Waals surface area contributed by atoms with Crippen LogP contribution < -0.4 is 11.5 Å². The van der Waals surface area contributed by atoms with Crippen molar-refractivity contribution in [1.29, 1.82) is 0 Å². The van der Waals surface area contributed by atoms with Crippen LogP contribution in [0.2, 0.25) is 0 Å². The minimum absolute atomic E-state index is 0.396. The molecule has 0 unspecified atom stereocenters. The Morgan fingerprint density at radius 1 is 1.07 bits per heavy atom. The molecule has 2 rings (SSSR count). The van der Waals surface area contributed by atoms with Crippen LogP contribution in [0.1, 0.15) is 31.2 Å². The van der Waals surface area contributed by atoms with Gasteiger partial charge in [0.1, 0.15) is 0 Å². The van der Waals surface area contributed by atoms with E-state index in [9.17, 15) is 0 Å². The van der Waals surface area contributed by atoms with Gasteiger partial charge in [-0.1, -0.05) is 30.3 Å². The highest BCUT2D eigenvalue weighted by Gasteiger charge is 2.27. The predicted molar refractivity (Wildman–Crippen MR) is 63.2 cm³/mol. The van der Waals surface area contributed by atoms with Gasteiger partial charge in [0.15, 0.2) is 0 Å². The molecule has 2 nitrogen and oxygen atoms in total. The zero-order valence-electron chi connectivity index (χ0n) is 9.15. The van der Waals surface area contributed by atoms with E-state index in [0.717, 1.165) is 18.8 Å². The molecule has 1 saturated carbocycles. The number of benzene rings is 1. The summed E-state index contributed by atoms with van der Waals surface area (Å²) in [6.45, 7) is 0. The summed E-state index contributed by atoms with van der Waals surface area (Å²) >= 11 is 0. The predicted octanol–water partition coefficient (Wildman–Crippen LogP) is 2.03. The zero-order valence-corrected chi connectivity index (χ0v) is 9.15. The third-order valence-electron chi connectivity index (χ3n) is 3.40. The van der Waals surface area contributed by atoms with Gasteiger partial charge in [-0.3, -0.25) is 0 Å². The topological polar surface area (TPSA) is 52.0 Å². The maximum Gasteiger partial charge on any atom is 0.0636 e. The van der Waals surface area contributed by atoms with Crippen LogP contribution in [0.4, 0.5) is 0 Å². The van der Waals surface area contributed by atoms with Gasteiger partial charge in [0.2, 0.25) is 0 Å². The van der Waals surface area contributed by atoms with E-state index in [-0.39, 0.29) is 0 Å². The third kappa shape index (κ3) is 3.05. The minimum atomic E-state index is -0.396. The average Bonchev–Trinajstić information content (AvgIpc) is 2.23. The van der Waals surface area contributed by atoms with Crippen LogP contribution in [-0.2, 0) is 6.42 Å². The Kier molecular flexibility index (Phi) is 3.08. The SMILES string of the molecule is NC1(N)CCC(Cc2ccccc2)CC1. The Hall–Kier alpha value is -0.860. The Morgan fingerprint density at radius 2 is 1.67 bits per heavy atom. The fourth-order valence-corrected chi connectivity index (χ4v) is 2.37. The second kappa shape index (κ2) is 4.33. The summed E-state index contributed by atoms with van der Waals surface area (Å²) in [6.07, 6.45) is 5.44. The molecule has 1 fully saturated rings. The van der Waals surface area contributed by atoms with Gasteiger partial charge in [0.05, 0.1) is 5.66 Å². The Labute approximate surface area is 91.7 Å². The summed E-state index contributed by atoms with van der Waals surface area (Å²) in [5.74, 6) is 0.771. The summed E-state index contributed by atoms with van der Waals surface area (Å²) in [7, 11) is 0. The molecule has 1 aliphatic carbocycles. The van der Waals surface area contributed by atoms with Crippen LogP contribution in [0.3, 0.4) is 0 Å². The molecule has 4 N–H and O–H groups in total. The van der Waals surface area contributed by atoms with E-state index in [0.29, 0.717) is 0 Å². The number of hydrogen-bond donors (Lipinski definition) is 2.